The summed E-state index contributed by atoms with van der Waals surface area (Å²) in [4.78, 5) is 2.05. The minimum atomic E-state index is -0.875. The van der Waals surface area contributed by atoms with Gasteiger partial charge in [0.05, 0.1) is 6.10 Å². The Bertz CT molecular complexity index is 633. The van der Waals surface area contributed by atoms with E-state index in [0.29, 0.717) is 6.61 Å². The fourth-order valence-electron chi connectivity index (χ4n) is 2.67. The van der Waals surface area contributed by atoms with Crippen LogP contribution < -0.4 is 10.2 Å². The number of ether oxygens (including phenoxy) is 1. The summed E-state index contributed by atoms with van der Waals surface area (Å²) in [5.41, 5.74) is 2.95. The zero-order valence-corrected chi connectivity index (χ0v) is 12.9. The Kier molecular flexibility index (Phi) is 4.48. The van der Waals surface area contributed by atoms with Gasteiger partial charge in [-0.05, 0) is 42.8 Å². The van der Waals surface area contributed by atoms with E-state index in [1.54, 1.807) is 0 Å². The summed E-state index contributed by atoms with van der Waals surface area (Å²) >= 11 is 0. The Hall–Kier alpha value is -1.82. The fraction of sp³-hybridized carbons (Fsp3) is 0.294. The summed E-state index contributed by atoms with van der Waals surface area (Å²) in [5.74, 6) is 0.746. The predicted octanol–water partition coefficient (Wildman–Crippen LogP) is 1.59. The van der Waals surface area contributed by atoms with Gasteiger partial charge in [0.15, 0.2) is 0 Å². The van der Waals surface area contributed by atoms with Crippen LogP contribution in [0.2, 0.25) is 0 Å². The minimum Gasteiger partial charge on any atom is -0.489 e. The Balaban J connectivity index is 1.72. The van der Waals surface area contributed by atoms with Gasteiger partial charge in [0.2, 0.25) is 0 Å². The Labute approximate surface area is 131 Å². The van der Waals surface area contributed by atoms with Crippen LogP contribution in [0.3, 0.4) is 0 Å². The topological polar surface area (TPSA) is 41.9 Å². The number of likely N-dealkylation sites (N-methyl/N-ethyl adjacent to an activating group) is 1. The van der Waals surface area contributed by atoms with Crippen molar-refractivity contribution >= 4 is 12.6 Å². The van der Waals surface area contributed by atoms with E-state index in [-0.39, 0.29) is 6.10 Å². The third-order valence-corrected chi connectivity index (χ3v) is 3.74. The molecule has 2 aromatic rings. The molecule has 3 rings (SSSR count). The maximum Gasteiger partial charge on any atom is 0.492 e. The second kappa shape index (κ2) is 6.52. The Morgan fingerprint density at radius 1 is 1.18 bits per heavy atom. The molecule has 0 aromatic heterocycles. The average molecular weight is 297 g/mol. The molecule has 4 nitrogen and oxygen atoms in total. The van der Waals surface area contributed by atoms with Crippen molar-refractivity contribution in [3.8, 4) is 5.75 Å². The molecule has 114 valence electrons. The van der Waals surface area contributed by atoms with E-state index in [0.717, 1.165) is 28.9 Å². The fourth-order valence-corrected chi connectivity index (χ4v) is 2.67. The summed E-state index contributed by atoms with van der Waals surface area (Å²) in [7, 11) is 3.11. The van der Waals surface area contributed by atoms with E-state index in [2.05, 4.69) is 0 Å². The molecule has 1 aliphatic rings. The molecule has 5 heteroatoms. The van der Waals surface area contributed by atoms with Gasteiger partial charge in [0.25, 0.3) is 0 Å². The van der Waals surface area contributed by atoms with Gasteiger partial charge < -0.3 is 19.3 Å². The molecule has 0 aliphatic carbocycles. The molecule has 1 aliphatic heterocycles. The highest BCUT2D eigenvalue weighted by Crippen LogP contribution is 2.26. The van der Waals surface area contributed by atoms with Crippen molar-refractivity contribution in [2.75, 3.05) is 20.6 Å². The number of benzene rings is 2. The monoisotopic (exact) mass is 297 g/mol. The van der Waals surface area contributed by atoms with Crippen LogP contribution in [0.4, 0.5) is 0 Å². The van der Waals surface area contributed by atoms with Gasteiger partial charge in [0, 0.05) is 6.54 Å². The summed E-state index contributed by atoms with van der Waals surface area (Å²) in [5, 5.41) is 10.1. The molecule has 1 atom stereocenters. The predicted molar refractivity (Wildman–Crippen MR) is 87.2 cm³/mol. The standard InChI is InChI=1S/C17H20BNO3/c1-19(2)11-17-15-9-8-14(10-16(15)18(20)22-17)21-12-13-6-4-3-5-7-13/h3-10,17,20H,11-12H2,1-2H3. The molecule has 0 saturated carbocycles. The highest BCUT2D eigenvalue weighted by Gasteiger charge is 2.35. The molecule has 1 heterocycles. The smallest absolute Gasteiger partial charge is 0.489 e. The van der Waals surface area contributed by atoms with Crippen molar-refractivity contribution < 1.29 is 14.4 Å². The van der Waals surface area contributed by atoms with Gasteiger partial charge in [-0.3, -0.25) is 0 Å². The molecule has 0 spiro atoms. The van der Waals surface area contributed by atoms with Crippen LogP contribution in [-0.2, 0) is 11.3 Å². The second-order valence-electron chi connectivity index (χ2n) is 5.80. The van der Waals surface area contributed by atoms with Crippen LogP contribution in [0, 0.1) is 0 Å². The lowest BCUT2D eigenvalue weighted by Gasteiger charge is -2.17. The highest BCUT2D eigenvalue weighted by molar-refractivity contribution is 6.61. The van der Waals surface area contributed by atoms with Gasteiger partial charge in [0.1, 0.15) is 12.4 Å². The second-order valence-corrected chi connectivity index (χ2v) is 5.80. The maximum atomic E-state index is 10.1. The molecule has 1 unspecified atom stereocenters. The van der Waals surface area contributed by atoms with E-state index in [1.165, 1.54) is 0 Å². The Morgan fingerprint density at radius 3 is 2.68 bits per heavy atom. The molecule has 0 fully saturated rings. The van der Waals surface area contributed by atoms with Crippen LogP contribution in [-0.4, -0.2) is 37.7 Å². The zero-order chi connectivity index (χ0) is 15.5. The van der Waals surface area contributed by atoms with Gasteiger partial charge in [-0.1, -0.05) is 36.4 Å². The molecule has 0 saturated heterocycles. The van der Waals surface area contributed by atoms with Gasteiger partial charge in [-0.2, -0.15) is 0 Å². The van der Waals surface area contributed by atoms with E-state index in [9.17, 15) is 5.02 Å². The maximum absolute atomic E-state index is 10.1. The van der Waals surface area contributed by atoms with Crippen LogP contribution >= 0.6 is 0 Å². The average Bonchev–Trinajstić information content (AvgIpc) is 2.81. The van der Waals surface area contributed by atoms with Crippen molar-refractivity contribution in [3.63, 3.8) is 0 Å². The zero-order valence-electron chi connectivity index (χ0n) is 12.9. The molecular formula is C17H20BNO3. The summed E-state index contributed by atoms with van der Waals surface area (Å²) in [6.45, 7) is 1.26. The van der Waals surface area contributed by atoms with E-state index < -0.39 is 7.12 Å². The molecule has 0 amide bonds. The number of hydrogen-bond donors (Lipinski definition) is 1. The minimum absolute atomic E-state index is 0.0943. The number of nitrogens with zero attached hydrogens (tertiary/aromatic N) is 1. The summed E-state index contributed by atoms with van der Waals surface area (Å²) < 4.78 is 11.4. The van der Waals surface area contributed by atoms with Crippen molar-refractivity contribution in [2.45, 2.75) is 12.7 Å². The summed E-state index contributed by atoms with van der Waals surface area (Å²) in [6, 6.07) is 15.8. The van der Waals surface area contributed by atoms with Gasteiger partial charge in [-0.15, -0.1) is 0 Å². The molecule has 1 N–H and O–H groups in total. The molecule has 22 heavy (non-hydrogen) atoms. The van der Waals surface area contributed by atoms with Crippen LogP contribution in [0.5, 0.6) is 5.75 Å². The lowest BCUT2D eigenvalue weighted by atomic mass is 9.79. The third kappa shape index (κ3) is 3.33. The van der Waals surface area contributed by atoms with Crippen molar-refractivity contribution in [2.24, 2.45) is 0 Å². The Morgan fingerprint density at radius 2 is 1.95 bits per heavy atom. The van der Waals surface area contributed by atoms with Crippen molar-refractivity contribution in [1.29, 1.82) is 0 Å². The quantitative estimate of drug-likeness (QED) is 0.851. The van der Waals surface area contributed by atoms with E-state index in [4.69, 9.17) is 9.39 Å². The van der Waals surface area contributed by atoms with E-state index >= 15 is 0 Å². The molecule has 0 radical (unpaired) electrons. The van der Waals surface area contributed by atoms with Crippen LogP contribution in [0.1, 0.15) is 17.2 Å². The number of fused-ring (bicyclic) bond motifs is 1. The lowest BCUT2D eigenvalue weighted by molar-refractivity contribution is 0.153. The molecular weight excluding hydrogens is 277 g/mol. The first kappa shape index (κ1) is 15.1. The first-order valence-corrected chi connectivity index (χ1v) is 7.42. The lowest BCUT2D eigenvalue weighted by Crippen LogP contribution is -2.28. The molecule has 0 bridgehead atoms. The first-order valence-electron chi connectivity index (χ1n) is 7.42. The third-order valence-electron chi connectivity index (χ3n) is 3.74. The SMILES string of the molecule is CN(C)CC1OB(O)c2cc(OCc3ccccc3)ccc21. The number of hydrogen-bond acceptors (Lipinski definition) is 4. The largest absolute Gasteiger partial charge is 0.492 e. The highest BCUT2D eigenvalue weighted by atomic mass is 16.5. The van der Waals surface area contributed by atoms with Crippen LogP contribution in [0.25, 0.3) is 0 Å². The number of rotatable bonds is 5. The van der Waals surface area contributed by atoms with Crippen LogP contribution in [0.15, 0.2) is 48.5 Å². The van der Waals surface area contributed by atoms with Gasteiger partial charge >= 0.3 is 7.12 Å². The van der Waals surface area contributed by atoms with Crippen molar-refractivity contribution in [1.82, 2.24) is 4.90 Å². The van der Waals surface area contributed by atoms with E-state index in [1.807, 2.05) is 67.5 Å². The first-order chi connectivity index (χ1) is 10.6. The van der Waals surface area contributed by atoms with Crippen molar-refractivity contribution in [3.05, 3.63) is 59.7 Å². The summed E-state index contributed by atoms with van der Waals surface area (Å²) in [6.07, 6.45) is -0.0943. The normalized spacial score (nSPS) is 16.9. The van der Waals surface area contributed by atoms with Gasteiger partial charge in [-0.25, -0.2) is 0 Å². The molecule has 2 aromatic carbocycles.